The lowest BCUT2D eigenvalue weighted by molar-refractivity contribution is 0.0949. The predicted octanol–water partition coefficient (Wildman–Crippen LogP) is 6.50. The maximum atomic E-state index is 12.4. The highest BCUT2D eigenvalue weighted by molar-refractivity contribution is 5.94. The first-order valence-electron chi connectivity index (χ1n) is 11.6. The molecule has 1 heterocycles. The van der Waals surface area contributed by atoms with Crippen LogP contribution in [0.1, 0.15) is 80.9 Å². The Hall–Kier alpha value is -2.62. The van der Waals surface area contributed by atoms with Crippen molar-refractivity contribution in [3.05, 3.63) is 66.0 Å². The van der Waals surface area contributed by atoms with Gasteiger partial charge in [0, 0.05) is 12.1 Å². The predicted molar refractivity (Wildman–Crippen MR) is 125 cm³/mol. The van der Waals surface area contributed by atoms with Crippen LogP contribution < -0.4 is 5.32 Å². The summed E-state index contributed by atoms with van der Waals surface area (Å²) in [5, 5.41) is 3.03. The first kappa shape index (κ1) is 22.1. The molecule has 1 amide bonds. The molecule has 0 bridgehead atoms. The summed E-state index contributed by atoms with van der Waals surface area (Å²) in [4.78, 5) is 17.2. The van der Waals surface area contributed by atoms with E-state index in [9.17, 15) is 4.79 Å². The van der Waals surface area contributed by atoms with Crippen molar-refractivity contribution in [2.24, 2.45) is 0 Å². The Morgan fingerprint density at radius 2 is 1.47 bits per heavy atom. The van der Waals surface area contributed by atoms with Crippen LogP contribution in [0.3, 0.4) is 0 Å². The topological polar surface area (TPSA) is 46.9 Å². The van der Waals surface area contributed by atoms with Crippen molar-refractivity contribution >= 4 is 16.9 Å². The Bertz CT molecular complexity index is 901. The fraction of sp³-hybridized carbons (Fsp3) is 0.462. The van der Waals surface area contributed by atoms with Crippen LogP contribution in [-0.4, -0.2) is 15.5 Å². The molecule has 0 atom stereocenters. The van der Waals surface area contributed by atoms with Crippen LogP contribution in [0.2, 0.25) is 0 Å². The number of benzene rings is 2. The lowest BCUT2D eigenvalue weighted by Crippen LogP contribution is -2.24. The molecule has 3 rings (SSSR count). The molecular formula is C26H35N3O. The van der Waals surface area contributed by atoms with Crippen molar-refractivity contribution in [2.45, 2.75) is 77.8 Å². The van der Waals surface area contributed by atoms with E-state index >= 15 is 0 Å². The first-order valence-corrected chi connectivity index (χ1v) is 11.6. The quantitative estimate of drug-likeness (QED) is 0.330. The third kappa shape index (κ3) is 6.45. The van der Waals surface area contributed by atoms with Crippen LogP contribution >= 0.6 is 0 Å². The molecule has 0 aliphatic rings. The van der Waals surface area contributed by atoms with E-state index < -0.39 is 0 Å². The van der Waals surface area contributed by atoms with Crippen molar-refractivity contribution in [1.29, 1.82) is 0 Å². The molecule has 0 saturated heterocycles. The van der Waals surface area contributed by atoms with Crippen LogP contribution in [-0.2, 0) is 13.1 Å². The SMILES string of the molecule is CCCCCCCCCCCn1c(CNC(=O)c2ccccc2)nc2ccccc21. The van der Waals surface area contributed by atoms with E-state index in [4.69, 9.17) is 4.98 Å². The zero-order valence-electron chi connectivity index (χ0n) is 18.3. The van der Waals surface area contributed by atoms with Gasteiger partial charge in [0.25, 0.3) is 5.91 Å². The van der Waals surface area contributed by atoms with E-state index in [0.717, 1.165) is 29.8 Å². The summed E-state index contributed by atoms with van der Waals surface area (Å²) in [7, 11) is 0. The number of amides is 1. The average molecular weight is 406 g/mol. The fourth-order valence-corrected chi connectivity index (χ4v) is 3.94. The van der Waals surface area contributed by atoms with Crippen molar-refractivity contribution in [3.63, 3.8) is 0 Å². The van der Waals surface area contributed by atoms with Crippen LogP contribution in [0.15, 0.2) is 54.6 Å². The van der Waals surface area contributed by atoms with Crippen molar-refractivity contribution in [1.82, 2.24) is 14.9 Å². The minimum absolute atomic E-state index is 0.0581. The highest BCUT2D eigenvalue weighted by Gasteiger charge is 2.12. The number of aryl methyl sites for hydroxylation is 1. The first-order chi connectivity index (χ1) is 14.8. The number of carbonyl (C=O) groups is 1. The van der Waals surface area contributed by atoms with E-state index in [-0.39, 0.29) is 5.91 Å². The van der Waals surface area contributed by atoms with E-state index in [1.807, 2.05) is 42.5 Å². The Kier molecular flexibility index (Phi) is 8.95. The van der Waals surface area contributed by atoms with Gasteiger partial charge in [0.2, 0.25) is 0 Å². The zero-order chi connectivity index (χ0) is 21.0. The second-order valence-electron chi connectivity index (χ2n) is 8.05. The molecule has 1 N–H and O–H groups in total. The molecule has 0 aliphatic carbocycles. The van der Waals surface area contributed by atoms with Gasteiger partial charge in [0.1, 0.15) is 5.82 Å². The molecule has 2 aromatic carbocycles. The summed E-state index contributed by atoms with van der Waals surface area (Å²) in [6.07, 6.45) is 11.9. The molecule has 4 heteroatoms. The van der Waals surface area contributed by atoms with Crippen molar-refractivity contribution in [3.8, 4) is 0 Å². The normalized spacial score (nSPS) is 11.1. The number of hydrogen-bond acceptors (Lipinski definition) is 2. The number of rotatable bonds is 13. The van der Waals surface area contributed by atoms with Crippen LogP contribution in [0.4, 0.5) is 0 Å². The number of hydrogen-bond donors (Lipinski definition) is 1. The number of carbonyl (C=O) groups excluding carboxylic acids is 1. The third-order valence-electron chi connectivity index (χ3n) is 5.66. The van der Waals surface area contributed by atoms with Gasteiger partial charge in [-0.05, 0) is 30.7 Å². The number of imidazole rings is 1. The molecule has 160 valence electrons. The monoisotopic (exact) mass is 405 g/mol. The minimum atomic E-state index is -0.0581. The molecule has 0 spiro atoms. The van der Waals surface area contributed by atoms with Crippen LogP contribution in [0.5, 0.6) is 0 Å². The Morgan fingerprint density at radius 1 is 0.833 bits per heavy atom. The summed E-state index contributed by atoms with van der Waals surface area (Å²) < 4.78 is 2.28. The number of unbranched alkanes of at least 4 members (excludes halogenated alkanes) is 8. The molecule has 30 heavy (non-hydrogen) atoms. The van der Waals surface area contributed by atoms with Gasteiger partial charge in [0.05, 0.1) is 17.6 Å². The van der Waals surface area contributed by atoms with E-state index in [0.29, 0.717) is 12.1 Å². The van der Waals surface area contributed by atoms with Gasteiger partial charge in [-0.3, -0.25) is 4.79 Å². The molecule has 3 aromatic rings. The molecule has 1 aromatic heterocycles. The van der Waals surface area contributed by atoms with Gasteiger partial charge >= 0.3 is 0 Å². The number of aromatic nitrogens is 2. The maximum Gasteiger partial charge on any atom is 0.251 e. The number of nitrogens with zero attached hydrogens (tertiary/aromatic N) is 2. The Labute approximate surface area is 180 Å². The Morgan fingerprint density at radius 3 is 2.20 bits per heavy atom. The van der Waals surface area contributed by atoms with Crippen LogP contribution in [0, 0.1) is 0 Å². The van der Waals surface area contributed by atoms with Gasteiger partial charge in [-0.25, -0.2) is 4.98 Å². The molecule has 0 fully saturated rings. The minimum Gasteiger partial charge on any atom is -0.345 e. The molecular weight excluding hydrogens is 370 g/mol. The molecule has 4 nitrogen and oxygen atoms in total. The molecule has 0 aliphatic heterocycles. The number of nitrogens with one attached hydrogen (secondary N) is 1. The van der Waals surface area contributed by atoms with Gasteiger partial charge in [-0.2, -0.15) is 0 Å². The van der Waals surface area contributed by atoms with Gasteiger partial charge < -0.3 is 9.88 Å². The lowest BCUT2D eigenvalue weighted by Gasteiger charge is -2.10. The third-order valence-corrected chi connectivity index (χ3v) is 5.66. The largest absolute Gasteiger partial charge is 0.345 e. The highest BCUT2D eigenvalue weighted by atomic mass is 16.1. The number of fused-ring (bicyclic) bond motifs is 1. The zero-order valence-corrected chi connectivity index (χ0v) is 18.3. The van der Waals surface area contributed by atoms with Crippen LogP contribution in [0.25, 0.3) is 11.0 Å². The highest BCUT2D eigenvalue weighted by Crippen LogP contribution is 2.18. The van der Waals surface area contributed by atoms with E-state index in [1.165, 1.54) is 51.4 Å². The second-order valence-corrected chi connectivity index (χ2v) is 8.05. The smallest absolute Gasteiger partial charge is 0.251 e. The van der Waals surface area contributed by atoms with Gasteiger partial charge in [-0.15, -0.1) is 0 Å². The van der Waals surface area contributed by atoms with Gasteiger partial charge in [-0.1, -0.05) is 88.6 Å². The van der Waals surface area contributed by atoms with E-state index in [1.54, 1.807) is 0 Å². The average Bonchev–Trinajstić information content (AvgIpc) is 3.14. The van der Waals surface area contributed by atoms with Crippen molar-refractivity contribution in [2.75, 3.05) is 0 Å². The number of para-hydroxylation sites is 2. The summed E-state index contributed by atoms with van der Waals surface area (Å²) in [6, 6.07) is 17.6. The molecule has 0 unspecified atom stereocenters. The maximum absolute atomic E-state index is 12.4. The molecule has 0 radical (unpaired) electrons. The van der Waals surface area contributed by atoms with Gasteiger partial charge in [0.15, 0.2) is 0 Å². The fourth-order valence-electron chi connectivity index (χ4n) is 3.94. The summed E-state index contributed by atoms with van der Waals surface area (Å²) in [6.45, 7) is 3.66. The van der Waals surface area contributed by atoms with Crippen molar-refractivity contribution < 1.29 is 4.79 Å². The summed E-state index contributed by atoms with van der Waals surface area (Å²) in [5.74, 6) is 0.873. The molecule has 0 saturated carbocycles. The summed E-state index contributed by atoms with van der Waals surface area (Å²) in [5.41, 5.74) is 2.83. The lowest BCUT2D eigenvalue weighted by atomic mass is 10.1. The second kappa shape index (κ2) is 12.2. The Balaban J connectivity index is 1.52. The standard InChI is InChI=1S/C26H35N3O/c1-2-3-4-5-6-7-8-9-15-20-29-24-19-14-13-18-23(24)28-25(29)21-27-26(30)22-16-11-10-12-17-22/h10-14,16-19H,2-9,15,20-21H2,1H3,(H,27,30). The van der Waals surface area contributed by atoms with E-state index in [2.05, 4.69) is 28.9 Å². The summed E-state index contributed by atoms with van der Waals surface area (Å²) >= 11 is 0.